The Bertz CT molecular complexity index is 591. The summed E-state index contributed by atoms with van der Waals surface area (Å²) in [4.78, 5) is 30.1. The van der Waals surface area contributed by atoms with Gasteiger partial charge < -0.3 is 4.74 Å². The van der Waals surface area contributed by atoms with Crippen LogP contribution in [0.15, 0.2) is 16.7 Å². The fraction of sp³-hybridized carbons (Fsp3) is 0.500. The molecule has 6 heteroatoms. The highest BCUT2D eigenvalue weighted by molar-refractivity contribution is 9.10. The van der Waals surface area contributed by atoms with Crippen molar-refractivity contribution in [2.45, 2.75) is 45.6 Å². The lowest BCUT2D eigenvalue weighted by atomic mass is 9.90. The van der Waals surface area contributed by atoms with Crippen LogP contribution in [0.2, 0.25) is 0 Å². The van der Waals surface area contributed by atoms with Gasteiger partial charge in [-0.1, -0.05) is 0 Å². The third-order valence-corrected chi connectivity index (χ3v) is 3.41. The van der Waals surface area contributed by atoms with Gasteiger partial charge in [0.05, 0.1) is 16.8 Å². The van der Waals surface area contributed by atoms with Gasteiger partial charge in [0.2, 0.25) is 5.91 Å². The smallest absolute Gasteiger partial charge is 0.421 e. The fourth-order valence-corrected chi connectivity index (χ4v) is 2.38. The van der Waals surface area contributed by atoms with Gasteiger partial charge in [-0.3, -0.25) is 9.78 Å². The SMILES string of the molecule is CC(C)(C)OC(=O)N1C(=O)C(C)(C)c2ncc(Br)cc21. The number of hydrogen-bond acceptors (Lipinski definition) is 4. The van der Waals surface area contributed by atoms with E-state index in [2.05, 4.69) is 20.9 Å². The summed E-state index contributed by atoms with van der Waals surface area (Å²) in [5, 5.41) is 0. The fourth-order valence-electron chi connectivity index (χ4n) is 2.06. The molecule has 0 unspecified atom stereocenters. The molecule has 2 amide bonds. The van der Waals surface area contributed by atoms with E-state index >= 15 is 0 Å². The van der Waals surface area contributed by atoms with Crippen LogP contribution in [0, 0.1) is 0 Å². The molecule has 0 saturated heterocycles. The van der Waals surface area contributed by atoms with Gasteiger partial charge in [0.25, 0.3) is 0 Å². The third kappa shape index (κ3) is 2.44. The Morgan fingerprint density at radius 1 is 1.40 bits per heavy atom. The van der Waals surface area contributed by atoms with Crippen LogP contribution in [-0.2, 0) is 14.9 Å². The predicted octanol–water partition coefficient (Wildman–Crippen LogP) is 3.40. The van der Waals surface area contributed by atoms with Crippen LogP contribution in [0.1, 0.15) is 40.3 Å². The molecular formula is C14H17BrN2O3. The van der Waals surface area contributed by atoms with Crippen molar-refractivity contribution in [3.63, 3.8) is 0 Å². The van der Waals surface area contributed by atoms with Crippen molar-refractivity contribution < 1.29 is 14.3 Å². The molecule has 2 rings (SSSR count). The molecule has 0 radical (unpaired) electrons. The highest BCUT2D eigenvalue weighted by atomic mass is 79.9. The Labute approximate surface area is 126 Å². The molecule has 0 N–H and O–H groups in total. The maximum absolute atomic E-state index is 12.5. The summed E-state index contributed by atoms with van der Waals surface area (Å²) in [5.74, 6) is -0.327. The standard InChI is InChI=1S/C14H17BrN2O3/c1-13(2,3)20-12(19)17-9-6-8(15)7-16-10(9)14(4,5)11(17)18/h6-7H,1-5H3. The van der Waals surface area contributed by atoms with Crippen LogP contribution < -0.4 is 4.90 Å². The van der Waals surface area contributed by atoms with Gasteiger partial charge in [-0.15, -0.1) is 0 Å². The molecule has 0 saturated carbocycles. The number of carbonyl (C=O) groups is 2. The van der Waals surface area contributed by atoms with Crippen molar-refractivity contribution in [1.82, 2.24) is 4.98 Å². The van der Waals surface area contributed by atoms with Crippen molar-refractivity contribution in [2.24, 2.45) is 0 Å². The average Bonchev–Trinajstić information content (AvgIpc) is 2.44. The second kappa shape index (κ2) is 4.55. The first-order chi connectivity index (χ1) is 9.04. The van der Waals surface area contributed by atoms with Crippen molar-refractivity contribution >= 4 is 33.6 Å². The lowest BCUT2D eigenvalue weighted by Gasteiger charge is -2.24. The van der Waals surface area contributed by atoms with Crippen molar-refractivity contribution in [3.05, 3.63) is 22.4 Å². The average molecular weight is 341 g/mol. The molecule has 0 bridgehead atoms. The van der Waals surface area contributed by atoms with Gasteiger partial charge >= 0.3 is 6.09 Å². The zero-order chi connectivity index (χ0) is 15.3. The van der Waals surface area contributed by atoms with E-state index in [9.17, 15) is 9.59 Å². The van der Waals surface area contributed by atoms with Crippen LogP contribution in [0.25, 0.3) is 0 Å². The molecule has 20 heavy (non-hydrogen) atoms. The quantitative estimate of drug-likeness (QED) is 0.726. The van der Waals surface area contributed by atoms with E-state index < -0.39 is 17.1 Å². The summed E-state index contributed by atoms with van der Waals surface area (Å²) in [7, 11) is 0. The van der Waals surface area contributed by atoms with Crippen LogP contribution in [-0.4, -0.2) is 22.6 Å². The molecule has 0 aromatic carbocycles. The second-order valence-corrected chi connectivity index (χ2v) is 7.18. The highest BCUT2D eigenvalue weighted by Crippen LogP contribution is 2.41. The van der Waals surface area contributed by atoms with Crippen LogP contribution in [0.5, 0.6) is 0 Å². The number of halogens is 1. The molecule has 0 fully saturated rings. The van der Waals surface area contributed by atoms with Gasteiger partial charge in [-0.25, -0.2) is 9.69 Å². The summed E-state index contributed by atoms with van der Waals surface area (Å²) in [6.07, 6.45) is 0.946. The predicted molar refractivity (Wildman–Crippen MR) is 78.7 cm³/mol. The summed E-state index contributed by atoms with van der Waals surface area (Å²) in [6.45, 7) is 8.78. The normalized spacial score (nSPS) is 17.1. The molecule has 1 aliphatic rings. The number of fused-ring (bicyclic) bond motifs is 1. The van der Waals surface area contributed by atoms with E-state index in [1.54, 1.807) is 46.9 Å². The molecule has 0 atom stereocenters. The van der Waals surface area contributed by atoms with E-state index in [1.165, 1.54) is 0 Å². The largest absolute Gasteiger partial charge is 0.443 e. The number of carbonyl (C=O) groups excluding carboxylic acids is 2. The van der Waals surface area contributed by atoms with E-state index in [0.29, 0.717) is 15.9 Å². The molecule has 5 nitrogen and oxygen atoms in total. The summed E-state index contributed by atoms with van der Waals surface area (Å²) >= 11 is 3.31. The Hall–Kier alpha value is -1.43. The molecule has 1 aromatic rings. The second-order valence-electron chi connectivity index (χ2n) is 6.27. The van der Waals surface area contributed by atoms with E-state index in [-0.39, 0.29) is 5.91 Å². The maximum atomic E-state index is 12.5. The molecule has 1 aliphatic heterocycles. The van der Waals surface area contributed by atoms with Gasteiger partial charge in [0.1, 0.15) is 5.60 Å². The Morgan fingerprint density at radius 2 is 2.00 bits per heavy atom. The Kier molecular flexibility index (Phi) is 3.40. The highest BCUT2D eigenvalue weighted by Gasteiger charge is 2.49. The lowest BCUT2D eigenvalue weighted by Crippen LogP contribution is -2.43. The lowest BCUT2D eigenvalue weighted by molar-refractivity contribution is -0.121. The first kappa shape index (κ1) is 15.0. The van der Waals surface area contributed by atoms with Gasteiger partial charge in [0.15, 0.2) is 0 Å². The summed E-state index contributed by atoms with van der Waals surface area (Å²) < 4.78 is 6.01. The number of rotatable bonds is 0. The first-order valence-corrected chi connectivity index (χ1v) is 7.07. The summed E-state index contributed by atoms with van der Waals surface area (Å²) in [5.41, 5.74) is -0.448. The monoisotopic (exact) mass is 340 g/mol. The van der Waals surface area contributed by atoms with Crippen LogP contribution in [0.4, 0.5) is 10.5 Å². The van der Waals surface area contributed by atoms with E-state index in [4.69, 9.17) is 4.74 Å². The third-order valence-electron chi connectivity index (χ3n) is 2.98. The number of amides is 2. The van der Waals surface area contributed by atoms with Crippen molar-refractivity contribution in [2.75, 3.05) is 4.90 Å². The maximum Gasteiger partial charge on any atom is 0.421 e. The number of hydrogen-bond donors (Lipinski definition) is 0. The van der Waals surface area contributed by atoms with Crippen molar-refractivity contribution in [3.8, 4) is 0 Å². The number of imide groups is 1. The molecule has 108 valence electrons. The topological polar surface area (TPSA) is 59.5 Å². The minimum Gasteiger partial charge on any atom is -0.443 e. The molecular weight excluding hydrogens is 324 g/mol. The number of nitrogens with zero attached hydrogens (tertiary/aromatic N) is 2. The minimum atomic E-state index is -0.840. The van der Waals surface area contributed by atoms with Crippen LogP contribution >= 0.6 is 15.9 Å². The molecule has 2 heterocycles. The minimum absolute atomic E-state index is 0.327. The Morgan fingerprint density at radius 3 is 2.55 bits per heavy atom. The van der Waals surface area contributed by atoms with Gasteiger partial charge in [-0.05, 0) is 56.6 Å². The number of aromatic nitrogens is 1. The van der Waals surface area contributed by atoms with Gasteiger partial charge in [-0.2, -0.15) is 0 Å². The van der Waals surface area contributed by atoms with Crippen LogP contribution in [0.3, 0.4) is 0 Å². The first-order valence-electron chi connectivity index (χ1n) is 6.27. The van der Waals surface area contributed by atoms with Crippen molar-refractivity contribution in [1.29, 1.82) is 0 Å². The molecule has 0 aliphatic carbocycles. The van der Waals surface area contributed by atoms with Gasteiger partial charge in [0, 0.05) is 10.7 Å². The zero-order valence-electron chi connectivity index (χ0n) is 12.2. The number of ether oxygens (including phenoxy) is 1. The summed E-state index contributed by atoms with van der Waals surface area (Å²) in [6, 6.07) is 1.71. The Balaban J connectivity index is 2.49. The molecule has 0 spiro atoms. The number of pyridine rings is 1. The van der Waals surface area contributed by atoms with E-state index in [0.717, 1.165) is 4.90 Å². The van der Waals surface area contributed by atoms with E-state index in [1.807, 2.05) is 0 Å². The number of anilines is 1. The zero-order valence-corrected chi connectivity index (χ0v) is 13.7. The molecule has 1 aromatic heterocycles.